The van der Waals surface area contributed by atoms with E-state index < -0.39 is 36.2 Å². The molecular weight excluding hydrogens is 346 g/mol. The van der Waals surface area contributed by atoms with E-state index in [2.05, 4.69) is 10.3 Å². The number of nitrogens with zero attached hydrogens (tertiary/aromatic N) is 2. The lowest BCUT2D eigenvalue weighted by Crippen LogP contribution is -2.51. The molecule has 1 aliphatic rings. The zero-order valence-electron chi connectivity index (χ0n) is 13.6. The maximum Gasteiger partial charge on any atom is 0.329 e. The molecule has 26 heavy (non-hydrogen) atoms. The Bertz CT molecular complexity index is 895. The number of hydrogen-bond acceptors (Lipinski definition) is 7. The number of carboxylic acids is 1. The van der Waals surface area contributed by atoms with Gasteiger partial charge in [-0.3, -0.25) is 14.0 Å². The number of carbonyl (C=O) groups is 2. The summed E-state index contributed by atoms with van der Waals surface area (Å²) in [4.78, 5) is 39.6. The van der Waals surface area contributed by atoms with E-state index in [1.165, 1.54) is 18.3 Å². The minimum Gasteiger partial charge on any atom is -0.504 e. The highest BCUT2D eigenvalue weighted by Crippen LogP contribution is 2.14. The van der Waals surface area contributed by atoms with Crippen molar-refractivity contribution in [2.24, 2.45) is 0 Å². The van der Waals surface area contributed by atoms with Gasteiger partial charge < -0.3 is 25.0 Å². The van der Waals surface area contributed by atoms with Crippen molar-refractivity contribution in [3.63, 3.8) is 0 Å². The lowest BCUT2D eigenvalue weighted by molar-refractivity contribution is -0.147. The molecule has 0 spiro atoms. The second-order valence-corrected chi connectivity index (χ2v) is 5.75. The molecule has 3 rings (SSSR count). The van der Waals surface area contributed by atoms with Gasteiger partial charge >= 0.3 is 5.97 Å². The normalized spacial score (nSPS) is 20.0. The molecule has 1 fully saturated rings. The molecule has 0 bridgehead atoms. The van der Waals surface area contributed by atoms with Gasteiger partial charge in [-0.2, -0.15) is 0 Å². The van der Waals surface area contributed by atoms with Gasteiger partial charge in [0, 0.05) is 19.0 Å². The van der Waals surface area contributed by atoms with Gasteiger partial charge in [-0.05, 0) is 18.6 Å². The first-order valence-corrected chi connectivity index (χ1v) is 7.88. The fourth-order valence-corrected chi connectivity index (χ4v) is 2.72. The van der Waals surface area contributed by atoms with Gasteiger partial charge in [-0.25, -0.2) is 9.78 Å². The Labute approximate surface area is 147 Å². The predicted molar refractivity (Wildman–Crippen MR) is 87.2 cm³/mol. The summed E-state index contributed by atoms with van der Waals surface area (Å²) in [6, 6.07) is 2.24. The zero-order valence-corrected chi connectivity index (χ0v) is 13.6. The summed E-state index contributed by atoms with van der Waals surface area (Å²) < 4.78 is 11.7. The van der Waals surface area contributed by atoms with E-state index in [1.54, 1.807) is 0 Å². The van der Waals surface area contributed by atoms with Gasteiger partial charge in [0.1, 0.15) is 12.2 Å². The van der Waals surface area contributed by atoms with Gasteiger partial charge in [0.05, 0.1) is 18.8 Å². The van der Waals surface area contributed by atoms with Crippen molar-refractivity contribution >= 4 is 17.5 Å². The molecular formula is C16H17N3O7. The van der Waals surface area contributed by atoms with Crippen LogP contribution >= 0.6 is 0 Å². The maximum absolute atomic E-state index is 12.5. The van der Waals surface area contributed by atoms with Crippen molar-refractivity contribution in [2.45, 2.75) is 18.6 Å². The fraction of sp³-hybridized carbons (Fsp3) is 0.375. The molecule has 10 nitrogen and oxygen atoms in total. The molecule has 3 heterocycles. The second-order valence-electron chi connectivity index (χ2n) is 5.75. The first-order valence-electron chi connectivity index (χ1n) is 7.88. The van der Waals surface area contributed by atoms with Crippen LogP contribution in [0.4, 0.5) is 0 Å². The predicted octanol–water partition coefficient (Wildman–Crippen LogP) is -0.611. The van der Waals surface area contributed by atoms with Crippen LogP contribution in [-0.2, 0) is 14.3 Å². The average Bonchev–Trinajstić information content (AvgIpc) is 2.62. The van der Waals surface area contributed by atoms with E-state index in [0.29, 0.717) is 13.0 Å². The number of nitrogens with one attached hydrogen (secondary N) is 1. The van der Waals surface area contributed by atoms with Crippen LogP contribution in [0, 0.1) is 0 Å². The van der Waals surface area contributed by atoms with Gasteiger partial charge in [-0.15, -0.1) is 0 Å². The number of aromatic nitrogens is 2. The molecule has 0 aliphatic carbocycles. The molecule has 0 aromatic carbocycles. The summed E-state index contributed by atoms with van der Waals surface area (Å²) in [7, 11) is 0. The average molecular weight is 363 g/mol. The maximum atomic E-state index is 12.5. The van der Waals surface area contributed by atoms with Crippen LogP contribution < -0.4 is 10.9 Å². The SMILES string of the molecule is O=C(O)CO[C@@H]1CCOC[C@@H]1NC(=O)c1cnc2c(O)cccn2c1=O. The highest BCUT2D eigenvalue weighted by atomic mass is 16.5. The largest absolute Gasteiger partial charge is 0.504 e. The zero-order chi connectivity index (χ0) is 18.7. The number of amides is 1. The highest BCUT2D eigenvalue weighted by molar-refractivity contribution is 5.94. The number of fused-ring (bicyclic) bond motifs is 1. The monoisotopic (exact) mass is 363 g/mol. The molecule has 1 aliphatic heterocycles. The molecule has 10 heteroatoms. The van der Waals surface area contributed by atoms with Crippen LogP contribution in [0.25, 0.3) is 5.65 Å². The van der Waals surface area contributed by atoms with Gasteiger partial charge in [0.25, 0.3) is 11.5 Å². The molecule has 2 atom stereocenters. The standard InChI is InChI=1S/C16H17N3O7/c20-11-2-1-4-19-14(11)17-6-9(16(19)24)15(23)18-10-7-25-5-3-12(10)26-8-13(21)22/h1-2,4,6,10,12,20H,3,5,7-8H2,(H,18,23)(H,21,22)/t10-,12+/m0/s1. The van der Waals surface area contributed by atoms with Crippen molar-refractivity contribution in [1.29, 1.82) is 0 Å². The number of aliphatic carboxylic acids is 1. The molecule has 0 saturated carbocycles. The number of aromatic hydroxyl groups is 1. The van der Waals surface area contributed by atoms with Crippen LogP contribution in [0.2, 0.25) is 0 Å². The number of pyridine rings is 1. The topological polar surface area (TPSA) is 139 Å². The lowest BCUT2D eigenvalue weighted by Gasteiger charge is -2.31. The van der Waals surface area contributed by atoms with Crippen LogP contribution in [0.3, 0.4) is 0 Å². The summed E-state index contributed by atoms with van der Waals surface area (Å²) in [5.41, 5.74) is -0.809. The molecule has 3 N–H and O–H groups in total. The Balaban J connectivity index is 1.80. The van der Waals surface area contributed by atoms with E-state index in [4.69, 9.17) is 14.6 Å². The first kappa shape index (κ1) is 17.8. The summed E-state index contributed by atoms with van der Waals surface area (Å²) in [6.45, 7) is 0.0335. The molecule has 0 unspecified atom stereocenters. The summed E-state index contributed by atoms with van der Waals surface area (Å²) >= 11 is 0. The van der Waals surface area contributed by atoms with Crippen molar-refractivity contribution in [2.75, 3.05) is 19.8 Å². The summed E-state index contributed by atoms with van der Waals surface area (Å²) in [6.07, 6.45) is 2.36. The molecule has 0 radical (unpaired) electrons. The second kappa shape index (κ2) is 7.50. The van der Waals surface area contributed by atoms with Crippen molar-refractivity contribution in [3.8, 4) is 5.75 Å². The molecule has 2 aromatic heterocycles. The number of carbonyl (C=O) groups excluding carboxylic acids is 1. The number of hydrogen-bond donors (Lipinski definition) is 3. The van der Waals surface area contributed by atoms with Crippen molar-refractivity contribution in [1.82, 2.24) is 14.7 Å². The Hall–Kier alpha value is -2.98. The van der Waals surface area contributed by atoms with Crippen molar-refractivity contribution in [3.05, 3.63) is 40.4 Å². The minimum absolute atomic E-state index is 0.0396. The number of ether oxygens (including phenoxy) is 2. The van der Waals surface area contributed by atoms with E-state index >= 15 is 0 Å². The molecule has 1 amide bonds. The first-order chi connectivity index (χ1) is 12.5. The van der Waals surface area contributed by atoms with Crippen molar-refractivity contribution < 1.29 is 29.3 Å². The third-order valence-corrected chi connectivity index (χ3v) is 3.99. The highest BCUT2D eigenvalue weighted by Gasteiger charge is 2.29. The summed E-state index contributed by atoms with van der Waals surface area (Å²) in [5.74, 6) is -1.97. The third-order valence-electron chi connectivity index (χ3n) is 3.99. The number of rotatable bonds is 5. The Morgan fingerprint density at radius 3 is 3.04 bits per heavy atom. The fourth-order valence-electron chi connectivity index (χ4n) is 2.72. The van der Waals surface area contributed by atoms with E-state index in [0.717, 1.165) is 10.6 Å². The quantitative estimate of drug-likeness (QED) is 0.639. The van der Waals surface area contributed by atoms with Crippen LogP contribution in [0.1, 0.15) is 16.8 Å². The minimum atomic E-state index is -1.11. The van der Waals surface area contributed by atoms with E-state index in [-0.39, 0.29) is 23.6 Å². The smallest absolute Gasteiger partial charge is 0.329 e. The molecule has 138 valence electrons. The molecule has 1 saturated heterocycles. The van der Waals surface area contributed by atoms with Crippen LogP contribution in [0.15, 0.2) is 29.3 Å². The van der Waals surface area contributed by atoms with E-state index in [1.807, 2.05) is 0 Å². The van der Waals surface area contributed by atoms with E-state index in [9.17, 15) is 19.5 Å². The van der Waals surface area contributed by atoms with Gasteiger partial charge in [0.15, 0.2) is 11.4 Å². The lowest BCUT2D eigenvalue weighted by atomic mass is 10.1. The Kier molecular flexibility index (Phi) is 5.14. The molecule has 2 aromatic rings. The Morgan fingerprint density at radius 1 is 1.46 bits per heavy atom. The van der Waals surface area contributed by atoms with Crippen LogP contribution in [0.5, 0.6) is 5.75 Å². The van der Waals surface area contributed by atoms with Gasteiger partial charge in [0.2, 0.25) is 0 Å². The third kappa shape index (κ3) is 3.65. The number of carboxylic acid groups (broad SMARTS) is 1. The van der Waals surface area contributed by atoms with Gasteiger partial charge in [-0.1, -0.05) is 0 Å². The Morgan fingerprint density at radius 2 is 2.27 bits per heavy atom. The summed E-state index contributed by atoms with van der Waals surface area (Å²) in [5, 5.41) is 21.1. The van der Waals surface area contributed by atoms with Crippen LogP contribution in [-0.4, -0.2) is 63.4 Å².